The first-order chi connectivity index (χ1) is 15.3. The van der Waals surface area contributed by atoms with Gasteiger partial charge >= 0.3 is 0 Å². The maximum atomic E-state index is 13.1. The van der Waals surface area contributed by atoms with Gasteiger partial charge in [-0.05, 0) is 62.8 Å². The van der Waals surface area contributed by atoms with Gasteiger partial charge in [-0.3, -0.25) is 9.59 Å². The largest absolute Gasteiger partial charge is 0.507 e. The highest BCUT2D eigenvalue weighted by Crippen LogP contribution is 2.41. The third kappa shape index (κ3) is 3.93. The first kappa shape index (κ1) is 22.1. The Morgan fingerprint density at radius 1 is 1.19 bits per heavy atom. The van der Waals surface area contributed by atoms with E-state index in [1.54, 1.807) is 24.3 Å². The molecule has 7 heteroatoms. The summed E-state index contributed by atoms with van der Waals surface area (Å²) in [5, 5.41) is 11.2. The van der Waals surface area contributed by atoms with Crippen molar-refractivity contribution in [2.75, 3.05) is 26.2 Å². The number of Topliss-reactive ketones (excluding diaryl/α,β-unsaturated/α-hetero) is 1. The number of carbonyl (C=O) groups is 2. The quantitative estimate of drug-likeness (QED) is 0.403. The van der Waals surface area contributed by atoms with E-state index in [9.17, 15) is 14.7 Å². The lowest BCUT2D eigenvalue weighted by atomic mass is 9.97. The molecule has 0 spiro atoms. The minimum Gasteiger partial charge on any atom is -0.507 e. The second kappa shape index (κ2) is 8.82. The molecule has 0 unspecified atom stereocenters. The van der Waals surface area contributed by atoms with Gasteiger partial charge < -0.3 is 24.1 Å². The van der Waals surface area contributed by atoms with Crippen LogP contribution < -0.4 is 4.74 Å². The third-order valence-corrected chi connectivity index (χ3v) is 6.29. The summed E-state index contributed by atoms with van der Waals surface area (Å²) in [7, 11) is 0. The van der Waals surface area contributed by atoms with Crippen LogP contribution in [0, 0.1) is 6.92 Å². The molecule has 1 aromatic heterocycles. The smallest absolute Gasteiger partial charge is 0.295 e. The Morgan fingerprint density at radius 2 is 1.94 bits per heavy atom. The molecule has 4 rings (SSSR count). The number of ketones is 1. The molecule has 2 atom stereocenters. The number of likely N-dealkylation sites (N-methyl/N-ethyl adjacent to an activating group) is 1. The van der Waals surface area contributed by atoms with Crippen molar-refractivity contribution in [3.8, 4) is 5.75 Å². The topological polar surface area (TPSA) is 83.2 Å². The summed E-state index contributed by atoms with van der Waals surface area (Å²) in [6, 6.07) is 8.16. The molecule has 1 amide bonds. The van der Waals surface area contributed by atoms with Crippen molar-refractivity contribution in [1.82, 2.24) is 9.80 Å². The van der Waals surface area contributed by atoms with Crippen molar-refractivity contribution in [2.45, 2.75) is 46.3 Å². The molecule has 1 N–H and O–H groups in total. The first-order valence-electron chi connectivity index (χ1n) is 11.2. The number of ether oxygens (including phenoxy) is 1. The van der Waals surface area contributed by atoms with E-state index in [0.717, 1.165) is 30.8 Å². The number of hydrogen-bond donors (Lipinski definition) is 1. The summed E-state index contributed by atoms with van der Waals surface area (Å²) in [6.07, 6.45) is 0.800. The van der Waals surface area contributed by atoms with E-state index in [2.05, 4.69) is 18.7 Å². The molecule has 1 saturated heterocycles. The van der Waals surface area contributed by atoms with Crippen LogP contribution >= 0.6 is 0 Å². The molecule has 7 nitrogen and oxygen atoms in total. The minimum absolute atomic E-state index is 0.0656. The Kier molecular flexibility index (Phi) is 6.11. The zero-order chi connectivity index (χ0) is 23.0. The van der Waals surface area contributed by atoms with Gasteiger partial charge in [0.15, 0.2) is 0 Å². The molecule has 0 bridgehead atoms. The van der Waals surface area contributed by atoms with Crippen molar-refractivity contribution in [2.24, 2.45) is 0 Å². The van der Waals surface area contributed by atoms with E-state index in [-0.39, 0.29) is 17.4 Å². The number of likely N-dealkylation sites (tertiary alicyclic amines) is 1. The van der Waals surface area contributed by atoms with E-state index < -0.39 is 17.7 Å². The van der Waals surface area contributed by atoms with Crippen LogP contribution in [0.2, 0.25) is 0 Å². The molecular weight excluding hydrogens is 408 g/mol. The molecule has 2 aliphatic heterocycles. The molecule has 3 heterocycles. The molecular formula is C25H30N2O5. The Hall–Kier alpha value is -3.06. The average molecular weight is 439 g/mol. The van der Waals surface area contributed by atoms with Crippen molar-refractivity contribution in [3.63, 3.8) is 0 Å². The van der Waals surface area contributed by atoms with Gasteiger partial charge in [-0.2, -0.15) is 0 Å². The molecule has 1 fully saturated rings. The summed E-state index contributed by atoms with van der Waals surface area (Å²) in [5.74, 6) is 0.447. The zero-order valence-electron chi connectivity index (χ0n) is 19.1. The van der Waals surface area contributed by atoms with Gasteiger partial charge in [0.2, 0.25) is 0 Å². The van der Waals surface area contributed by atoms with Crippen molar-refractivity contribution < 1.29 is 23.8 Å². The van der Waals surface area contributed by atoms with Gasteiger partial charge in [-0.15, -0.1) is 0 Å². The number of carbonyl (C=O) groups excluding carboxylic acids is 2. The molecule has 170 valence electrons. The van der Waals surface area contributed by atoms with Gasteiger partial charge in [0.25, 0.3) is 11.7 Å². The molecule has 2 aromatic rings. The maximum absolute atomic E-state index is 13.1. The van der Waals surface area contributed by atoms with Crippen LogP contribution in [0.3, 0.4) is 0 Å². The Morgan fingerprint density at radius 3 is 2.59 bits per heavy atom. The number of rotatable bonds is 7. The number of aliphatic hydroxyl groups is 1. The highest BCUT2D eigenvalue weighted by molar-refractivity contribution is 6.46. The molecule has 0 aliphatic carbocycles. The summed E-state index contributed by atoms with van der Waals surface area (Å²) in [4.78, 5) is 29.8. The number of hydrogen-bond acceptors (Lipinski definition) is 6. The fraction of sp³-hybridized carbons (Fsp3) is 0.440. The molecule has 2 aliphatic rings. The van der Waals surface area contributed by atoms with Crippen LogP contribution in [0.4, 0.5) is 0 Å². The second-order valence-corrected chi connectivity index (χ2v) is 8.42. The Balaban J connectivity index is 1.76. The maximum Gasteiger partial charge on any atom is 0.295 e. The SMILES string of the molecule is CCN(CC)CCN1C(=O)C(=O)C(=C(O)c2ccc3c(c2)C[C@H](C)O3)[C@H]1c1ccc(C)o1. The van der Waals surface area contributed by atoms with Crippen LogP contribution in [0.25, 0.3) is 5.76 Å². The van der Waals surface area contributed by atoms with E-state index in [1.807, 2.05) is 19.9 Å². The normalized spacial score (nSPS) is 22.0. The second-order valence-electron chi connectivity index (χ2n) is 8.42. The summed E-state index contributed by atoms with van der Waals surface area (Å²) in [5.41, 5.74) is 1.54. The predicted molar refractivity (Wildman–Crippen MR) is 120 cm³/mol. The van der Waals surface area contributed by atoms with Gasteiger partial charge in [0.1, 0.15) is 35.2 Å². The van der Waals surface area contributed by atoms with Crippen molar-refractivity contribution >= 4 is 17.4 Å². The van der Waals surface area contributed by atoms with Gasteiger partial charge in [-0.25, -0.2) is 0 Å². The standard InChI is InChI=1S/C25H30N2O5/c1-5-26(6-2)11-12-27-22(20-9-7-15(3)31-20)21(24(29)25(27)30)23(28)17-8-10-19-18(14-17)13-16(4)32-19/h7-10,14,16,22,28H,5-6,11-13H2,1-4H3/t16-,22+/m0/s1. The van der Waals surface area contributed by atoms with Gasteiger partial charge in [0, 0.05) is 25.1 Å². The number of fused-ring (bicyclic) bond motifs is 1. The zero-order valence-corrected chi connectivity index (χ0v) is 19.1. The number of amides is 1. The number of aryl methyl sites for hydroxylation is 1. The number of aliphatic hydroxyl groups excluding tert-OH is 1. The highest BCUT2D eigenvalue weighted by atomic mass is 16.5. The van der Waals surface area contributed by atoms with E-state index in [0.29, 0.717) is 30.2 Å². The Bertz CT molecular complexity index is 1070. The number of benzene rings is 1. The van der Waals surface area contributed by atoms with Crippen LogP contribution in [-0.4, -0.2) is 58.9 Å². The van der Waals surface area contributed by atoms with Gasteiger partial charge in [-0.1, -0.05) is 13.8 Å². The molecule has 32 heavy (non-hydrogen) atoms. The molecule has 1 aromatic carbocycles. The summed E-state index contributed by atoms with van der Waals surface area (Å²) in [6.45, 7) is 10.6. The third-order valence-electron chi connectivity index (χ3n) is 6.29. The Labute approximate surface area is 188 Å². The lowest BCUT2D eigenvalue weighted by Crippen LogP contribution is -2.37. The fourth-order valence-corrected chi connectivity index (χ4v) is 4.52. The van der Waals surface area contributed by atoms with Gasteiger partial charge in [0.05, 0.1) is 5.57 Å². The highest BCUT2D eigenvalue weighted by Gasteiger charge is 2.47. The number of nitrogens with zero attached hydrogens (tertiary/aromatic N) is 2. The van der Waals surface area contributed by atoms with Crippen LogP contribution in [-0.2, 0) is 16.0 Å². The summed E-state index contributed by atoms with van der Waals surface area (Å²) < 4.78 is 11.6. The lowest BCUT2D eigenvalue weighted by molar-refractivity contribution is -0.140. The van der Waals surface area contributed by atoms with Crippen LogP contribution in [0.15, 0.2) is 40.3 Å². The van der Waals surface area contributed by atoms with E-state index in [1.165, 1.54) is 4.90 Å². The monoisotopic (exact) mass is 438 g/mol. The minimum atomic E-state index is -0.761. The average Bonchev–Trinajstić information content (AvgIpc) is 3.44. The van der Waals surface area contributed by atoms with Crippen LogP contribution in [0.1, 0.15) is 49.5 Å². The molecule has 0 saturated carbocycles. The fourth-order valence-electron chi connectivity index (χ4n) is 4.52. The van der Waals surface area contributed by atoms with Crippen molar-refractivity contribution in [1.29, 1.82) is 0 Å². The first-order valence-corrected chi connectivity index (χ1v) is 11.2. The lowest BCUT2D eigenvalue weighted by Gasteiger charge is -2.26. The van der Waals surface area contributed by atoms with Crippen LogP contribution in [0.5, 0.6) is 5.75 Å². The van der Waals surface area contributed by atoms with Crippen molar-refractivity contribution in [3.05, 3.63) is 58.6 Å². The number of furan rings is 1. The molecule has 0 radical (unpaired) electrons. The summed E-state index contributed by atoms with van der Waals surface area (Å²) >= 11 is 0. The van der Waals surface area contributed by atoms with E-state index in [4.69, 9.17) is 9.15 Å². The van der Waals surface area contributed by atoms with E-state index >= 15 is 0 Å². The predicted octanol–water partition coefficient (Wildman–Crippen LogP) is 3.67.